The van der Waals surface area contributed by atoms with E-state index in [1.165, 1.54) is 4.52 Å². The van der Waals surface area contributed by atoms with Crippen LogP contribution in [0.1, 0.15) is 0 Å². The van der Waals surface area contributed by atoms with E-state index in [9.17, 15) is 0 Å². The van der Waals surface area contributed by atoms with Crippen molar-refractivity contribution in [1.29, 1.82) is 0 Å². The van der Waals surface area contributed by atoms with Crippen molar-refractivity contribution < 1.29 is 0 Å². The van der Waals surface area contributed by atoms with Gasteiger partial charge >= 0.3 is 0 Å². The molecule has 3 aromatic rings. The van der Waals surface area contributed by atoms with Crippen molar-refractivity contribution in [2.45, 2.75) is 0 Å². The average molecular weight is 212 g/mol. The van der Waals surface area contributed by atoms with E-state index in [0.29, 0.717) is 23.1 Å². The molecule has 0 amide bonds. The molecule has 6 heteroatoms. The van der Waals surface area contributed by atoms with E-state index in [1.54, 1.807) is 18.5 Å². The van der Waals surface area contributed by atoms with Crippen LogP contribution in [0.15, 0.2) is 36.7 Å². The van der Waals surface area contributed by atoms with Gasteiger partial charge in [0.05, 0.1) is 0 Å². The van der Waals surface area contributed by atoms with Crippen molar-refractivity contribution in [3.8, 4) is 11.5 Å². The summed E-state index contributed by atoms with van der Waals surface area (Å²) >= 11 is 0. The Morgan fingerprint density at radius 3 is 2.75 bits per heavy atom. The number of anilines is 1. The van der Waals surface area contributed by atoms with Gasteiger partial charge in [0.2, 0.25) is 11.8 Å². The molecule has 0 saturated heterocycles. The molecule has 0 unspecified atom stereocenters. The molecule has 2 N–H and O–H groups in total. The Morgan fingerprint density at radius 1 is 1.06 bits per heavy atom. The van der Waals surface area contributed by atoms with Gasteiger partial charge in [0.15, 0.2) is 5.65 Å². The van der Waals surface area contributed by atoms with E-state index in [2.05, 4.69) is 20.1 Å². The van der Waals surface area contributed by atoms with Crippen LogP contribution in [0.3, 0.4) is 0 Å². The number of hydrogen-bond acceptors (Lipinski definition) is 5. The minimum Gasteiger partial charge on any atom is -0.368 e. The fraction of sp³-hybridized carbons (Fsp3) is 0. The number of rotatable bonds is 1. The Labute approximate surface area is 90.8 Å². The molecule has 3 aromatic heterocycles. The predicted molar refractivity (Wildman–Crippen MR) is 58.4 cm³/mol. The molecule has 0 atom stereocenters. The van der Waals surface area contributed by atoms with Gasteiger partial charge in [-0.3, -0.25) is 4.98 Å². The largest absolute Gasteiger partial charge is 0.368 e. The first-order valence-electron chi connectivity index (χ1n) is 4.73. The molecule has 16 heavy (non-hydrogen) atoms. The fourth-order valence-electron chi connectivity index (χ4n) is 1.44. The zero-order chi connectivity index (χ0) is 11.0. The highest BCUT2D eigenvalue weighted by atomic mass is 15.3. The molecule has 0 radical (unpaired) electrons. The Hall–Kier alpha value is -2.50. The van der Waals surface area contributed by atoms with Crippen molar-refractivity contribution in [2.24, 2.45) is 0 Å². The molecule has 78 valence electrons. The van der Waals surface area contributed by atoms with E-state index >= 15 is 0 Å². The summed E-state index contributed by atoms with van der Waals surface area (Å²) in [4.78, 5) is 12.4. The summed E-state index contributed by atoms with van der Waals surface area (Å²) in [5, 5.41) is 4.24. The quantitative estimate of drug-likeness (QED) is 0.644. The van der Waals surface area contributed by atoms with E-state index in [1.807, 2.05) is 18.2 Å². The Bertz CT molecular complexity index is 630. The maximum atomic E-state index is 5.68. The maximum Gasteiger partial charge on any atom is 0.223 e. The minimum atomic E-state index is 0.312. The second kappa shape index (κ2) is 3.27. The van der Waals surface area contributed by atoms with Gasteiger partial charge in [-0.15, -0.1) is 5.10 Å². The SMILES string of the molecule is Nc1nccc2nc(-c3ccccn3)nn12. The molecular formula is C10H8N6. The maximum absolute atomic E-state index is 5.68. The molecule has 0 aliphatic rings. The van der Waals surface area contributed by atoms with Crippen LogP contribution >= 0.6 is 0 Å². The average Bonchev–Trinajstić information content (AvgIpc) is 2.76. The highest BCUT2D eigenvalue weighted by Crippen LogP contribution is 2.13. The first-order valence-corrected chi connectivity index (χ1v) is 4.73. The monoisotopic (exact) mass is 212 g/mol. The molecule has 6 nitrogen and oxygen atoms in total. The Kier molecular flexibility index (Phi) is 1.79. The van der Waals surface area contributed by atoms with Gasteiger partial charge in [0.1, 0.15) is 5.69 Å². The summed E-state index contributed by atoms with van der Waals surface area (Å²) in [7, 11) is 0. The predicted octanol–water partition coefficient (Wildman–Crippen LogP) is 0.768. The van der Waals surface area contributed by atoms with Gasteiger partial charge in [0, 0.05) is 18.5 Å². The topological polar surface area (TPSA) is 82.0 Å². The first-order chi connectivity index (χ1) is 7.84. The highest BCUT2D eigenvalue weighted by Gasteiger charge is 2.08. The molecule has 0 bridgehead atoms. The Balaban J connectivity index is 2.23. The molecule has 3 rings (SSSR count). The van der Waals surface area contributed by atoms with Crippen LogP contribution in [0.5, 0.6) is 0 Å². The van der Waals surface area contributed by atoms with Crippen LogP contribution in [-0.2, 0) is 0 Å². The van der Waals surface area contributed by atoms with Crippen molar-refractivity contribution in [1.82, 2.24) is 24.6 Å². The number of pyridine rings is 1. The second-order valence-corrected chi connectivity index (χ2v) is 3.22. The number of hydrogen-bond donors (Lipinski definition) is 1. The number of nitrogen functional groups attached to an aromatic ring is 1. The van der Waals surface area contributed by atoms with Crippen LogP contribution in [0.4, 0.5) is 5.95 Å². The van der Waals surface area contributed by atoms with Crippen LogP contribution in [-0.4, -0.2) is 24.6 Å². The third kappa shape index (κ3) is 1.28. The summed E-state index contributed by atoms with van der Waals surface area (Å²) in [5.41, 5.74) is 7.05. The van der Waals surface area contributed by atoms with Gasteiger partial charge in [-0.25, -0.2) is 9.97 Å². The fourth-order valence-corrected chi connectivity index (χ4v) is 1.44. The van der Waals surface area contributed by atoms with Crippen LogP contribution in [0, 0.1) is 0 Å². The van der Waals surface area contributed by atoms with Crippen molar-refractivity contribution >= 4 is 11.6 Å². The van der Waals surface area contributed by atoms with E-state index < -0.39 is 0 Å². The molecule has 0 aliphatic heterocycles. The lowest BCUT2D eigenvalue weighted by Crippen LogP contribution is -2.00. The number of nitrogens with two attached hydrogens (primary N) is 1. The molecule has 3 heterocycles. The summed E-state index contributed by atoms with van der Waals surface area (Å²) in [6.45, 7) is 0. The van der Waals surface area contributed by atoms with Crippen LogP contribution in [0.2, 0.25) is 0 Å². The van der Waals surface area contributed by atoms with Crippen molar-refractivity contribution in [3.63, 3.8) is 0 Å². The lowest BCUT2D eigenvalue weighted by Gasteiger charge is -1.93. The van der Waals surface area contributed by atoms with Gasteiger partial charge in [-0.05, 0) is 12.1 Å². The lowest BCUT2D eigenvalue weighted by molar-refractivity contribution is 0.940. The van der Waals surface area contributed by atoms with E-state index in [0.717, 1.165) is 0 Å². The zero-order valence-electron chi connectivity index (χ0n) is 8.28. The third-order valence-electron chi connectivity index (χ3n) is 2.17. The molecular weight excluding hydrogens is 204 g/mol. The lowest BCUT2D eigenvalue weighted by atomic mass is 10.3. The third-order valence-corrected chi connectivity index (χ3v) is 2.17. The number of aromatic nitrogens is 5. The van der Waals surface area contributed by atoms with Gasteiger partial charge in [-0.1, -0.05) is 6.07 Å². The summed E-state index contributed by atoms with van der Waals surface area (Å²) < 4.78 is 1.49. The normalized spacial score (nSPS) is 10.8. The van der Waals surface area contributed by atoms with Crippen molar-refractivity contribution in [2.75, 3.05) is 5.73 Å². The van der Waals surface area contributed by atoms with Gasteiger partial charge in [-0.2, -0.15) is 4.52 Å². The molecule has 0 aromatic carbocycles. The molecule has 0 spiro atoms. The zero-order valence-corrected chi connectivity index (χ0v) is 8.28. The number of nitrogens with zero attached hydrogens (tertiary/aromatic N) is 5. The van der Waals surface area contributed by atoms with Gasteiger partial charge < -0.3 is 5.73 Å². The smallest absolute Gasteiger partial charge is 0.223 e. The molecule has 0 saturated carbocycles. The summed E-state index contributed by atoms with van der Waals surface area (Å²) in [6, 6.07) is 7.32. The minimum absolute atomic E-state index is 0.312. The highest BCUT2D eigenvalue weighted by molar-refractivity contribution is 5.54. The molecule has 0 fully saturated rings. The van der Waals surface area contributed by atoms with Crippen LogP contribution in [0.25, 0.3) is 17.2 Å². The second-order valence-electron chi connectivity index (χ2n) is 3.22. The number of fused-ring (bicyclic) bond motifs is 1. The van der Waals surface area contributed by atoms with E-state index in [4.69, 9.17) is 5.73 Å². The van der Waals surface area contributed by atoms with Crippen molar-refractivity contribution in [3.05, 3.63) is 36.7 Å². The first kappa shape index (κ1) is 8.78. The molecule has 0 aliphatic carbocycles. The summed E-state index contributed by atoms with van der Waals surface area (Å²) in [6.07, 6.45) is 3.30. The van der Waals surface area contributed by atoms with Crippen LogP contribution < -0.4 is 5.73 Å². The Morgan fingerprint density at radius 2 is 2.00 bits per heavy atom. The van der Waals surface area contributed by atoms with Gasteiger partial charge in [0.25, 0.3) is 0 Å². The summed E-state index contributed by atoms with van der Waals surface area (Å²) in [5.74, 6) is 0.854. The van der Waals surface area contributed by atoms with E-state index in [-0.39, 0.29) is 0 Å². The standard InChI is InChI=1S/C10H8N6/c11-10-13-6-4-8-14-9(15-16(8)10)7-3-1-2-5-12-7/h1-6H,(H2,11,13).